The van der Waals surface area contributed by atoms with Crippen LogP contribution in [-0.2, 0) is 15.9 Å². The van der Waals surface area contributed by atoms with E-state index in [-0.39, 0.29) is 5.41 Å². The molecule has 0 aliphatic carbocycles. The Kier molecular flexibility index (Phi) is 6.02. The fourth-order valence-electron chi connectivity index (χ4n) is 2.87. The molecule has 0 saturated carbocycles. The van der Waals surface area contributed by atoms with E-state index in [0.717, 1.165) is 43.6 Å². The van der Waals surface area contributed by atoms with Gasteiger partial charge in [0.2, 0.25) is 0 Å². The molecule has 0 aromatic heterocycles. The van der Waals surface area contributed by atoms with Gasteiger partial charge in [0.15, 0.2) is 0 Å². The van der Waals surface area contributed by atoms with Crippen LogP contribution in [0.25, 0.3) is 0 Å². The molecule has 1 heterocycles. The number of benzene rings is 1. The van der Waals surface area contributed by atoms with Crippen LogP contribution >= 0.6 is 15.9 Å². The third kappa shape index (κ3) is 4.04. The smallest absolute Gasteiger partial charge is 0.0619 e. The summed E-state index contributed by atoms with van der Waals surface area (Å²) in [6.45, 7) is 5.69. The zero-order chi connectivity index (χ0) is 14.4. The Balaban J connectivity index is 2.01. The first-order valence-corrected chi connectivity index (χ1v) is 8.01. The second kappa shape index (κ2) is 7.55. The molecule has 2 rings (SSSR count). The van der Waals surface area contributed by atoms with Crippen molar-refractivity contribution in [2.75, 3.05) is 33.4 Å². The summed E-state index contributed by atoms with van der Waals surface area (Å²) in [7, 11) is 1.74. The van der Waals surface area contributed by atoms with Gasteiger partial charge in [-0.15, -0.1) is 0 Å². The Labute approximate surface area is 130 Å². The van der Waals surface area contributed by atoms with E-state index >= 15 is 0 Å². The lowest BCUT2D eigenvalue weighted by Crippen LogP contribution is -2.42. The Hall–Kier alpha value is -0.420. The van der Waals surface area contributed by atoms with E-state index in [1.165, 1.54) is 5.56 Å². The maximum absolute atomic E-state index is 5.84. The van der Waals surface area contributed by atoms with Gasteiger partial charge in [0.05, 0.1) is 12.7 Å². The largest absolute Gasteiger partial charge is 0.383 e. The molecule has 2 unspecified atom stereocenters. The highest BCUT2D eigenvalue weighted by Crippen LogP contribution is 2.37. The number of rotatable bonds is 7. The van der Waals surface area contributed by atoms with Gasteiger partial charge in [0, 0.05) is 36.7 Å². The van der Waals surface area contributed by atoms with Gasteiger partial charge >= 0.3 is 0 Å². The standard InChI is InChI=1S/C16H24BrNO2/c1-13-16(7-9-20-13,12-18-8-10-19-2)11-14-3-5-15(17)6-4-14/h3-6,13,18H,7-12H2,1-2H3. The van der Waals surface area contributed by atoms with Crippen LogP contribution in [0.3, 0.4) is 0 Å². The van der Waals surface area contributed by atoms with Crippen LogP contribution in [-0.4, -0.2) is 39.5 Å². The fourth-order valence-corrected chi connectivity index (χ4v) is 3.13. The first-order chi connectivity index (χ1) is 9.66. The third-order valence-corrected chi connectivity index (χ3v) is 4.79. The fraction of sp³-hybridized carbons (Fsp3) is 0.625. The topological polar surface area (TPSA) is 30.5 Å². The molecule has 1 aliphatic rings. The molecule has 2 atom stereocenters. The van der Waals surface area contributed by atoms with E-state index in [1.54, 1.807) is 7.11 Å². The summed E-state index contributed by atoms with van der Waals surface area (Å²) in [4.78, 5) is 0. The molecule has 4 heteroatoms. The van der Waals surface area contributed by atoms with Gasteiger partial charge in [0.1, 0.15) is 0 Å². The van der Waals surface area contributed by atoms with E-state index in [9.17, 15) is 0 Å². The van der Waals surface area contributed by atoms with Crippen LogP contribution in [0.2, 0.25) is 0 Å². The predicted octanol–water partition coefficient (Wildman–Crippen LogP) is 3.02. The summed E-state index contributed by atoms with van der Waals surface area (Å²) >= 11 is 3.49. The Morgan fingerprint density at radius 1 is 1.40 bits per heavy atom. The van der Waals surface area contributed by atoms with Gasteiger partial charge in [-0.1, -0.05) is 28.1 Å². The summed E-state index contributed by atoms with van der Waals surface area (Å²) in [5.74, 6) is 0. The molecule has 0 bridgehead atoms. The van der Waals surface area contributed by atoms with Crippen LogP contribution < -0.4 is 5.32 Å². The number of halogens is 1. The molecule has 1 aromatic carbocycles. The summed E-state index contributed by atoms with van der Waals surface area (Å²) in [5, 5.41) is 3.52. The Bertz CT molecular complexity index is 409. The normalized spacial score (nSPS) is 26.1. The molecule has 1 aliphatic heterocycles. The molecule has 1 saturated heterocycles. The van der Waals surface area contributed by atoms with Crippen molar-refractivity contribution in [1.82, 2.24) is 5.32 Å². The van der Waals surface area contributed by atoms with E-state index < -0.39 is 0 Å². The first kappa shape index (κ1) is 16.0. The van der Waals surface area contributed by atoms with Gasteiger partial charge in [0.25, 0.3) is 0 Å². The van der Waals surface area contributed by atoms with Crippen molar-refractivity contribution in [3.05, 3.63) is 34.3 Å². The van der Waals surface area contributed by atoms with Crippen LogP contribution in [0.1, 0.15) is 18.9 Å². The van der Waals surface area contributed by atoms with E-state index in [0.29, 0.717) is 6.10 Å². The number of hydrogen-bond donors (Lipinski definition) is 1. The Morgan fingerprint density at radius 2 is 2.15 bits per heavy atom. The van der Waals surface area contributed by atoms with E-state index in [4.69, 9.17) is 9.47 Å². The maximum atomic E-state index is 5.84. The van der Waals surface area contributed by atoms with Crippen LogP contribution in [0.5, 0.6) is 0 Å². The lowest BCUT2D eigenvalue weighted by Gasteiger charge is -2.33. The average molecular weight is 342 g/mol. The van der Waals surface area contributed by atoms with Crippen molar-refractivity contribution >= 4 is 15.9 Å². The second-order valence-electron chi connectivity index (χ2n) is 5.60. The molecule has 0 amide bonds. The molecule has 0 radical (unpaired) electrons. The Morgan fingerprint density at radius 3 is 2.75 bits per heavy atom. The van der Waals surface area contributed by atoms with Gasteiger partial charge in [-0.05, 0) is 37.5 Å². The summed E-state index contributed by atoms with van der Waals surface area (Å²) in [6.07, 6.45) is 2.47. The van der Waals surface area contributed by atoms with Crippen molar-refractivity contribution < 1.29 is 9.47 Å². The lowest BCUT2D eigenvalue weighted by atomic mass is 9.76. The number of ether oxygens (including phenoxy) is 2. The minimum atomic E-state index is 0.196. The minimum absolute atomic E-state index is 0.196. The quantitative estimate of drug-likeness (QED) is 0.773. The predicted molar refractivity (Wildman–Crippen MR) is 85.1 cm³/mol. The highest BCUT2D eigenvalue weighted by atomic mass is 79.9. The number of hydrogen-bond acceptors (Lipinski definition) is 3. The minimum Gasteiger partial charge on any atom is -0.383 e. The van der Waals surface area contributed by atoms with Crippen molar-refractivity contribution in [2.24, 2.45) is 5.41 Å². The van der Waals surface area contributed by atoms with Gasteiger partial charge in [-0.25, -0.2) is 0 Å². The summed E-state index contributed by atoms with van der Waals surface area (Å²) in [6, 6.07) is 8.63. The SMILES string of the molecule is COCCNCC1(Cc2ccc(Br)cc2)CCOC1C. The molecular formula is C16H24BrNO2. The number of nitrogens with one attached hydrogen (secondary N) is 1. The van der Waals surface area contributed by atoms with Crippen molar-refractivity contribution in [2.45, 2.75) is 25.9 Å². The van der Waals surface area contributed by atoms with Gasteiger partial charge in [-0.2, -0.15) is 0 Å². The third-order valence-electron chi connectivity index (χ3n) is 4.26. The average Bonchev–Trinajstić information content (AvgIpc) is 2.79. The van der Waals surface area contributed by atoms with E-state index in [1.807, 2.05) is 0 Å². The zero-order valence-corrected chi connectivity index (χ0v) is 13.9. The van der Waals surface area contributed by atoms with Crippen molar-refractivity contribution in [1.29, 1.82) is 0 Å². The van der Waals surface area contributed by atoms with Gasteiger partial charge < -0.3 is 14.8 Å². The molecule has 1 fully saturated rings. The van der Waals surface area contributed by atoms with E-state index in [2.05, 4.69) is 52.4 Å². The second-order valence-corrected chi connectivity index (χ2v) is 6.51. The van der Waals surface area contributed by atoms with Crippen LogP contribution in [0.15, 0.2) is 28.7 Å². The summed E-state index contributed by atoms with van der Waals surface area (Å²) in [5.41, 5.74) is 1.57. The van der Waals surface area contributed by atoms with Crippen molar-refractivity contribution in [3.8, 4) is 0 Å². The van der Waals surface area contributed by atoms with Crippen molar-refractivity contribution in [3.63, 3.8) is 0 Å². The zero-order valence-electron chi connectivity index (χ0n) is 12.3. The molecule has 3 nitrogen and oxygen atoms in total. The summed E-state index contributed by atoms with van der Waals surface area (Å²) < 4.78 is 12.1. The molecule has 1 N–H and O–H groups in total. The van der Waals surface area contributed by atoms with Gasteiger partial charge in [-0.3, -0.25) is 0 Å². The molecular weight excluding hydrogens is 318 g/mol. The lowest BCUT2D eigenvalue weighted by molar-refractivity contribution is 0.0619. The maximum Gasteiger partial charge on any atom is 0.0619 e. The highest BCUT2D eigenvalue weighted by molar-refractivity contribution is 9.10. The van der Waals surface area contributed by atoms with Crippen LogP contribution in [0.4, 0.5) is 0 Å². The molecule has 20 heavy (non-hydrogen) atoms. The molecule has 112 valence electrons. The molecule has 1 aromatic rings. The monoisotopic (exact) mass is 341 g/mol. The van der Waals surface area contributed by atoms with Crippen LogP contribution in [0, 0.1) is 5.41 Å². The number of methoxy groups -OCH3 is 1. The highest BCUT2D eigenvalue weighted by Gasteiger charge is 2.41. The molecule has 0 spiro atoms. The first-order valence-electron chi connectivity index (χ1n) is 7.22.